The Morgan fingerprint density at radius 3 is 2.60 bits per heavy atom. The summed E-state index contributed by atoms with van der Waals surface area (Å²) in [4.78, 5) is 0. The minimum absolute atomic E-state index is 0.270. The van der Waals surface area contributed by atoms with Gasteiger partial charge in [-0.05, 0) is 52.2 Å². The third-order valence-corrected chi connectivity index (χ3v) is 3.95. The zero-order chi connectivity index (χ0) is 14.9. The Hall–Kier alpha value is -1.10. The van der Waals surface area contributed by atoms with Gasteiger partial charge in [0.15, 0.2) is 0 Å². The predicted molar refractivity (Wildman–Crippen MR) is 80.9 cm³/mol. The molecule has 0 amide bonds. The summed E-state index contributed by atoms with van der Waals surface area (Å²) in [6, 6.07) is 8.02. The first-order valence-electron chi connectivity index (χ1n) is 5.91. The number of rotatable bonds is 3. The first-order valence-corrected chi connectivity index (χ1v) is 7.08. The van der Waals surface area contributed by atoms with E-state index in [1.165, 1.54) is 19.2 Å². The summed E-state index contributed by atoms with van der Waals surface area (Å²) in [5, 5.41) is 11.1. The molecule has 20 heavy (non-hydrogen) atoms. The highest BCUT2D eigenvalue weighted by Crippen LogP contribution is 2.35. The Morgan fingerprint density at radius 1 is 1.25 bits per heavy atom. The second kappa shape index (κ2) is 6.12. The highest BCUT2D eigenvalue weighted by molar-refractivity contribution is 9.10. The molecule has 0 fully saturated rings. The second-order valence-corrected chi connectivity index (χ2v) is 5.70. The standard InChI is InChI=1S/C15H13BrClFO2/c1-8-3-4-9(17)5-10(8)15(19)11-6-12(16)13(18)7-14(11)20-2/h3-7,15,19H,1-2H3. The van der Waals surface area contributed by atoms with E-state index in [4.69, 9.17) is 16.3 Å². The molecule has 1 atom stereocenters. The average Bonchev–Trinajstić information content (AvgIpc) is 2.43. The third kappa shape index (κ3) is 2.97. The van der Waals surface area contributed by atoms with E-state index >= 15 is 0 Å². The zero-order valence-electron chi connectivity index (χ0n) is 11.0. The van der Waals surface area contributed by atoms with Crippen molar-refractivity contribution in [2.75, 3.05) is 7.11 Å². The Kier molecular flexibility index (Phi) is 4.68. The number of benzene rings is 2. The highest BCUT2D eigenvalue weighted by Gasteiger charge is 2.20. The molecule has 0 aromatic heterocycles. The molecule has 1 unspecified atom stereocenters. The number of ether oxygens (including phenoxy) is 1. The molecule has 0 aliphatic carbocycles. The van der Waals surface area contributed by atoms with E-state index in [2.05, 4.69) is 15.9 Å². The van der Waals surface area contributed by atoms with Crippen LogP contribution in [0.15, 0.2) is 34.8 Å². The molecule has 106 valence electrons. The van der Waals surface area contributed by atoms with Gasteiger partial charge in [-0.3, -0.25) is 0 Å². The van der Waals surface area contributed by atoms with Gasteiger partial charge in [0.1, 0.15) is 17.7 Å². The van der Waals surface area contributed by atoms with E-state index in [1.807, 2.05) is 13.0 Å². The average molecular weight is 360 g/mol. The van der Waals surface area contributed by atoms with Gasteiger partial charge >= 0.3 is 0 Å². The van der Waals surface area contributed by atoms with E-state index in [-0.39, 0.29) is 10.2 Å². The molecule has 2 aromatic rings. The molecule has 2 aromatic carbocycles. The first kappa shape index (κ1) is 15.3. The normalized spacial score (nSPS) is 12.3. The van der Waals surface area contributed by atoms with Crippen molar-refractivity contribution in [3.8, 4) is 5.75 Å². The maximum Gasteiger partial charge on any atom is 0.141 e. The number of halogens is 3. The van der Waals surface area contributed by atoms with Crippen LogP contribution in [0.4, 0.5) is 4.39 Å². The summed E-state index contributed by atoms with van der Waals surface area (Å²) in [5.74, 6) is -0.154. The monoisotopic (exact) mass is 358 g/mol. The van der Waals surface area contributed by atoms with Crippen molar-refractivity contribution in [1.29, 1.82) is 0 Å². The van der Waals surface area contributed by atoms with Crippen LogP contribution in [0.3, 0.4) is 0 Å². The Morgan fingerprint density at radius 2 is 1.95 bits per heavy atom. The van der Waals surface area contributed by atoms with Crippen molar-refractivity contribution < 1.29 is 14.2 Å². The van der Waals surface area contributed by atoms with Crippen LogP contribution in [-0.2, 0) is 0 Å². The Labute approximate surface area is 130 Å². The SMILES string of the molecule is COc1cc(F)c(Br)cc1C(O)c1cc(Cl)ccc1C. The van der Waals surface area contributed by atoms with Crippen LogP contribution in [0.25, 0.3) is 0 Å². The lowest BCUT2D eigenvalue weighted by molar-refractivity contribution is 0.213. The number of hydrogen-bond donors (Lipinski definition) is 1. The fourth-order valence-corrected chi connectivity index (χ4v) is 2.55. The Bertz CT molecular complexity index is 646. The van der Waals surface area contributed by atoms with Gasteiger partial charge in [0.25, 0.3) is 0 Å². The maximum atomic E-state index is 13.5. The fourth-order valence-electron chi connectivity index (χ4n) is 2.01. The predicted octanol–water partition coefficient (Wildman–Crippen LogP) is 4.64. The van der Waals surface area contributed by atoms with Gasteiger partial charge in [0.2, 0.25) is 0 Å². The van der Waals surface area contributed by atoms with Crippen LogP contribution in [0.2, 0.25) is 5.02 Å². The van der Waals surface area contributed by atoms with Crippen LogP contribution >= 0.6 is 27.5 Å². The van der Waals surface area contributed by atoms with E-state index in [0.717, 1.165) is 5.56 Å². The molecule has 1 N–H and O–H groups in total. The largest absolute Gasteiger partial charge is 0.496 e. The van der Waals surface area contributed by atoms with Gasteiger partial charge in [0, 0.05) is 16.7 Å². The molecule has 0 bridgehead atoms. The van der Waals surface area contributed by atoms with Crippen molar-refractivity contribution in [2.24, 2.45) is 0 Å². The van der Waals surface area contributed by atoms with E-state index in [1.54, 1.807) is 12.1 Å². The molecule has 0 radical (unpaired) electrons. The van der Waals surface area contributed by atoms with E-state index < -0.39 is 11.9 Å². The molecule has 0 aliphatic rings. The molecule has 0 saturated carbocycles. The van der Waals surface area contributed by atoms with Crippen molar-refractivity contribution in [3.63, 3.8) is 0 Å². The number of hydrogen-bond acceptors (Lipinski definition) is 2. The summed E-state index contributed by atoms with van der Waals surface area (Å²) in [5.41, 5.74) is 2.03. The Balaban J connectivity index is 2.55. The lowest BCUT2D eigenvalue weighted by atomic mass is 9.97. The van der Waals surface area contributed by atoms with Crippen molar-refractivity contribution >= 4 is 27.5 Å². The van der Waals surface area contributed by atoms with Crippen molar-refractivity contribution in [1.82, 2.24) is 0 Å². The molecule has 0 aliphatic heterocycles. The number of aryl methyl sites for hydroxylation is 1. The highest BCUT2D eigenvalue weighted by atomic mass is 79.9. The third-order valence-electron chi connectivity index (χ3n) is 3.10. The summed E-state index contributed by atoms with van der Waals surface area (Å²) in [6.07, 6.45) is -0.944. The van der Waals surface area contributed by atoms with E-state index in [0.29, 0.717) is 16.1 Å². The summed E-state index contributed by atoms with van der Waals surface area (Å²) < 4.78 is 18.9. The molecular formula is C15H13BrClFO2. The topological polar surface area (TPSA) is 29.5 Å². The quantitative estimate of drug-likeness (QED) is 0.865. The molecule has 5 heteroatoms. The first-order chi connectivity index (χ1) is 9.43. The fraction of sp³-hybridized carbons (Fsp3) is 0.200. The molecule has 0 heterocycles. The number of aliphatic hydroxyl groups excluding tert-OH is 1. The van der Waals surface area contributed by atoms with Gasteiger partial charge < -0.3 is 9.84 Å². The lowest BCUT2D eigenvalue weighted by Crippen LogP contribution is -2.05. The van der Waals surface area contributed by atoms with E-state index in [9.17, 15) is 9.50 Å². The minimum atomic E-state index is -0.944. The van der Waals surface area contributed by atoms with Crippen LogP contribution in [0.5, 0.6) is 5.75 Å². The summed E-state index contributed by atoms with van der Waals surface area (Å²) in [7, 11) is 1.43. The van der Waals surface area contributed by atoms with Crippen LogP contribution in [0.1, 0.15) is 22.8 Å². The summed E-state index contributed by atoms with van der Waals surface area (Å²) >= 11 is 9.08. The molecule has 2 nitrogen and oxygen atoms in total. The molecule has 0 spiro atoms. The van der Waals surface area contributed by atoms with Gasteiger partial charge in [0.05, 0.1) is 11.6 Å². The molecule has 0 saturated heterocycles. The maximum absolute atomic E-state index is 13.5. The van der Waals surface area contributed by atoms with Gasteiger partial charge in [-0.25, -0.2) is 4.39 Å². The molecule has 2 rings (SSSR count). The summed E-state index contributed by atoms with van der Waals surface area (Å²) in [6.45, 7) is 1.87. The van der Waals surface area contributed by atoms with Crippen LogP contribution in [-0.4, -0.2) is 12.2 Å². The van der Waals surface area contributed by atoms with Crippen LogP contribution in [0, 0.1) is 12.7 Å². The van der Waals surface area contributed by atoms with Crippen molar-refractivity contribution in [3.05, 3.63) is 62.3 Å². The van der Waals surface area contributed by atoms with Gasteiger partial charge in [-0.15, -0.1) is 0 Å². The smallest absolute Gasteiger partial charge is 0.141 e. The molecular weight excluding hydrogens is 347 g/mol. The second-order valence-electron chi connectivity index (χ2n) is 4.41. The minimum Gasteiger partial charge on any atom is -0.496 e. The van der Waals surface area contributed by atoms with Crippen LogP contribution < -0.4 is 4.74 Å². The van der Waals surface area contributed by atoms with Crippen molar-refractivity contribution in [2.45, 2.75) is 13.0 Å². The van der Waals surface area contributed by atoms with Gasteiger partial charge in [-0.2, -0.15) is 0 Å². The number of methoxy groups -OCH3 is 1. The van der Waals surface area contributed by atoms with Gasteiger partial charge in [-0.1, -0.05) is 17.7 Å². The number of aliphatic hydroxyl groups is 1. The lowest BCUT2D eigenvalue weighted by Gasteiger charge is -2.18. The zero-order valence-corrected chi connectivity index (χ0v) is 13.3.